The first-order chi connectivity index (χ1) is 7.79. The van der Waals surface area contributed by atoms with E-state index in [0.29, 0.717) is 12.3 Å². The third-order valence-electron chi connectivity index (χ3n) is 2.93. The van der Waals surface area contributed by atoms with Gasteiger partial charge in [-0.2, -0.15) is 5.26 Å². The summed E-state index contributed by atoms with van der Waals surface area (Å²) in [4.78, 5) is 3.41. The van der Waals surface area contributed by atoms with E-state index in [4.69, 9.17) is 5.26 Å². The summed E-state index contributed by atoms with van der Waals surface area (Å²) in [5.74, 6) is 0.483. The number of para-hydroxylation sites is 1. The van der Waals surface area contributed by atoms with Crippen molar-refractivity contribution in [2.24, 2.45) is 5.92 Å². The van der Waals surface area contributed by atoms with Crippen LogP contribution in [0.25, 0.3) is 10.9 Å². The zero-order chi connectivity index (χ0) is 11.4. The van der Waals surface area contributed by atoms with Gasteiger partial charge < -0.3 is 4.98 Å². The Morgan fingerprint density at radius 2 is 2.19 bits per heavy atom. The molecule has 82 valence electrons. The van der Waals surface area contributed by atoms with Gasteiger partial charge in [-0.1, -0.05) is 25.1 Å². The molecule has 2 nitrogen and oxygen atoms in total. The van der Waals surface area contributed by atoms with Crippen LogP contribution in [-0.4, -0.2) is 4.98 Å². The van der Waals surface area contributed by atoms with Crippen LogP contribution in [0.4, 0.5) is 0 Å². The fraction of sp³-hybridized carbons (Fsp3) is 0.357. The first-order valence-electron chi connectivity index (χ1n) is 5.73. The van der Waals surface area contributed by atoms with Crippen molar-refractivity contribution in [2.75, 3.05) is 0 Å². The molecule has 2 heteroatoms. The van der Waals surface area contributed by atoms with Crippen molar-refractivity contribution in [3.63, 3.8) is 0 Å². The van der Waals surface area contributed by atoms with E-state index in [0.717, 1.165) is 12.8 Å². The molecule has 1 aromatic heterocycles. The zero-order valence-electron chi connectivity index (χ0n) is 9.53. The third-order valence-corrected chi connectivity index (χ3v) is 2.93. The van der Waals surface area contributed by atoms with Gasteiger partial charge in [-0.25, -0.2) is 0 Å². The second-order valence-corrected chi connectivity index (χ2v) is 4.39. The number of aromatic amines is 1. The van der Waals surface area contributed by atoms with Crippen LogP contribution in [0.3, 0.4) is 0 Å². The van der Waals surface area contributed by atoms with Crippen LogP contribution in [0.1, 0.15) is 25.5 Å². The molecule has 0 radical (unpaired) electrons. The number of rotatable bonds is 4. The molecule has 1 heterocycles. The molecule has 1 unspecified atom stereocenters. The first kappa shape index (κ1) is 10.8. The van der Waals surface area contributed by atoms with Crippen molar-refractivity contribution in [2.45, 2.75) is 26.2 Å². The molecule has 0 aliphatic heterocycles. The van der Waals surface area contributed by atoms with E-state index in [1.807, 2.05) is 6.07 Å². The molecule has 0 fully saturated rings. The van der Waals surface area contributed by atoms with Crippen LogP contribution in [0, 0.1) is 17.2 Å². The molecular weight excluding hydrogens is 196 g/mol. The van der Waals surface area contributed by atoms with Crippen molar-refractivity contribution < 1.29 is 0 Å². The van der Waals surface area contributed by atoms with Gasteiger partial charge in [-0.3, -0.25) is 0 Å². The highest BCUT2D eigenvalue weighted by Crippen LogP contribution is 2.17. The summed E-state index contributed by atoms with van der Waals surface area (Å²) in [6.07, 6.45) is 2.75. The minimum atomic E-state index is 0.483. The lowest BCUT2D eigenvalue weighted by Crippen LogP contribution is -1.96. The van der Waals surface area contributed by atoms with Gasteiger partial charge in [0.05, 0.1) is 6.07 Å². The summed E-state index contributed by atoms with van der Waals surface area (Å²) in [6, 6.07) is 12.7. The van der Waals surface area contributed by atoms with Crippen LogP contribution in [0.2, 0.25) is 0 Å². The molecule has 0 saturated heterocycles. The molecule has 2 aromatic rings. The van der Waals surface area contributed by atoms with Crippen LogP contribution >= 0.6 is 0 Å². The lowest BCUT2D eigenvalue weighted by Gasteiger charge is -2.04. The van der Waals surface area contributed by atoms with Crippen LogP contribution in [-0.2, 0) is 6.42 Å². The third kappa shape index (κ3) is 2.43. The largest absolute Gasteiger partial charge is 0.358 e. The van der Waals surface area contributed by atoms with E-state index in [1.165, 1.54) is 16.6 Å². The number of nitriles is 1. The Bertz CT molecular complexity index is 472. The highest BCUT2D eigenvalue weighted by Gasteiger charge is 2.04. The van der Waals surface area contributed by atoms with Gasteiger partial charge in [0.2, 0.25) is 0 Å². The maximum atomic E-state index is 8.59. The monoisotopic (exact) mass is 212 g/mol. The Labute approximate surface area is 95.9 Å². The molecule has 0 bridgehead atoms. The smallest absolute Gasteiger partial charge is 0.0624 e. The Balaban J connectivity index is 2.02. The molecule has 0 saturated carbocycles. The van der Waals surface area contributed by atoms with Gasteiger partial charge >= 0.3 is 0 Å². The van der Waals surface area contributed by atoms with E-state index >= 15 is 0 Å². The summed E-state index contributed by atoms with van der Waals surface area (Å²) < 4.78 is 0. The number of nitrogens with one attached hydrogen (secondary N) is 1. The van der Waals surface area contributed by atoms with Gasteiger partial charge in [0.1, 0.15) is 0 Å². The normalized spacial score (nSPS) is 12.5. The molecule has 0 aliphatic carbocycles. The van der Waals surface area contributed by atoms with E-state index in [2.05, 4.69) is 42.2 Å². The number of H-pyrrole nitrogens is 1. The molecule has 0 spiro atoms. The quantitative estimate of drug-likeness (QED) is 0.825. The van der Waals surface area contributed by atoms with E-state index < -0.39 is 0 Å². The SMILES string of the molecule is CC(CC#N)CCc1cc2ccccc2[nH]1. The fourth-order valence-electron chi connectivity index (χ4n) is 1.93. The van der Waals surface area contributed by atoms with Crippen LogP contribution in [0.5, 0.6) is 0 Å². The number of hydrogen-bond acceptors (Lipinski definition) is 1. The Morgan fingerprint density at radius 3 is 2.94 bits per heavy atom. The van der Waals surface area contributed by atoms with Gasteiger partial charge in [0.15, 0.2) is 0 Å². The predicted molar refractivity (Wildman–Crippen MR) is 66.0 cm³/mol. The Kier molecular flexibility index (Phi) is 3.26. The van der Waals surface area contributed by atoms with Gasteiger partial charge in [-0.05, 0) is 36.3 Å². The van der Waals surface area contributed by atoms with E-state index in [-0.39, 0.29) is 0 Å². The van der Waals surface area contributed by atoms with Crippen molar-refractivity contribution >= 4 is 10.9 Å². The summed E-state index contributed by atoms with van der Waals surface area (Å²) in [5.41, 5.74) is 2.47. The van der Waals surface area contributed by atoms with Gasteiger partial charge in [-0.15, -0.1) is 0 Å². The van der Waals surface area contributed by atoms with Crippen molar-refractivity contribution in [1.82, 2.24) is 4.98 Å². The summed E-state index contributed by atoms with van der Waals surface area (Å²) in [7, 11) is 0. The average molecular weight is 212 g/mol. The van der Waals surface area contributed by atoms with Crippen LogP contribution in [0.15, 0.2) is 30.3 Å². The number of fused-ring (bicyclic) bond motifs is 1. The number of aryl methyl sites for hydroxylation is 1. The minimum Gasteiger partial charge on any atom is -0.358 e. The Hall–Kier alpha value is -1.75. The lowest BCUT2D eigenvalue weighted by molar-refractivity contribution is 0.542. The zero-order valence-corrected chi connectivity index (χ0v) is 9.53. The summed E-state index contributed by atoms with van der Waals surface area (Å²) >= 11 is 0. The topological polar surface area (TPSA) is 39.6 Å². The van der Waals surface area contributed by atoms with Crippen molar-refractivity contribution in [3.8, 4) is 6.07 Å². The molecule has 16 heavy (non-hydrogen) atoms. The summed E-state index contributed by atoms with van der Waals surface area (Å²) in [5, 5.41) is 9.86. The second kappa shape index (κ2) is 4.85. The maximum absolute atomic E-state index is 8.59. The molecule has 0 aliphatic rings. The minimum absolute atomic E-state index is 0.483. The number of benzene rings is 1. The standard InChI is InChI=1S/C14H16N2/c1-11(8-9-15)6-7-13-10-12-4-2-3-5-14(12)16-13/h2-5,10-11,16H,6-8H2,1H3. The van der Waals surface area contributed by atoms with Gasteiger partial charge in [0, 0.05) is 17.6 Å². The second-order valence-electron chi connectivity index (χ2n) is 4.39. The average Bonchev–Trinajstić information content (AvgIpc) is 2.69. The van der Waals surface area contributed by atoms with Crippen molar-refractivity contribution in [1.29, 1.82) is 5.26 Å². The van der Waals surface area contributed by atoms with E-state index in [9.17, 15) is 0 Å². The lowest BCUT2D eigenvalue weighted by atomic mass is 10.0. The molecule has 1 atom stereocenters. The highest BCUT2D eigenvalue weighted by molar-refractivity contribution is 5.80. The predicted octanol–water partition coefficient (Wildman–Crippen LogP) is 3.65. The highest BCUT2D eigenvalue weighted by atomic mass is 14.7. The molecule has 2 rings (SSSR count). The first-order valence-corrected chi connectivity index (χ1v) is 5.73. The van der Waals surface area contributed by atoms with Crippen LogP contribution < -0.4 is 0 Å². The number of aromatic nitrogens is 1. The number of nitrogens with zero attached hydrogens (tertiary/aromatic N) is 1. The van der Waals surface area contributed by atoms with Crippen molar-refractivity contribution in [3.05, 3.63) is 36.0 Å². The maximum Gasteiger partial charge on any atom is 0.0624 e. The molecular formula is C14H16N2. The van der Waals surface area contributed by atoms with E-state index in [1.54, 1.807) is 0 Å². The molecule has 0 amide bonds. The molecule has 1 N–H and O–H groups in total. The molecule has 1 aromatic carbocycles. The Morgan fingerprint density at radius 1 is 1.38 bits per heavy atom. The number of hydrogen-bond donors (Lipinski definition) is 1. The van der Waals surface area contributed by atoms with Gasteiger partial charge in [0.25, 0.3) is 0 Å². The fourth-order valence-corrected chi connectivity index (χ4v) is 1.93. The summed E-state index contributed by atoms with van der Waals surface area (Å²) in [6.45, 7) is 2.13.